The fourth-order valence-electron chi connectivity index (χ4n) is 4.09. The number of nitrogens with zero attached hydrogens (tertiary/aromatic N) is 1. The van der Waals surface area contributed by atoms with Gasteiger partial charge in [-0.15, -0.1) is 0 Å². The van der Waals surface area contributed by atoms with Crippen molar-refractivity contribution < 1.29 is 23.0 Å². The molecule has 2 aromatic rings. The van der Waals surface area contributed by atoms with Crippen molar-refractivity contribution in [1.29, 1.82) is 0 Å². The standard InChI is InChI=1S/C24H27F2NO3/c1-29-24(28)21-12-20(18-5-6-18)23(13-22(21)26)30-15-16-7-9-27(10-8-16)14-17-3-2-4-19(25)11-17/h2-4,11-13,16,18H,5-10,14-15H2,1H3. The average Bonchev–Trinajstić information content (AvgIpc) is 3.58. The van der Waals surface area contributed by atoms with E-state index in [0.29, 0.717) is 24.2 Å². The third-order valence-corrected chi connectivity index (χ3v) is 6.00. The lowest BCUT2D eigenvalue weighted by molar-refractivity contribution is 0.0595. The Morgan fingerprint density at radius 2 is 1.87 bits per heavy atom. The molecule has 2 fully saturated rings. The number of likely N-dealkylation sites (tertiary alicyclic amines) is 1. The van der Waals surface area contributed by atoms with E-state index in [1.54, 1.807) is 18.2 Å². The molecule has 0 amide bonds. The highest BCUT2D eigenvalue weighted by atomic mass is 19.1. The maximum absolute atomic E-state index is 14.4. The molecular weight excluding hydrogens is 388 g/mol. The van der Waals surface area contributed by atoms with Crippen LogP contribution in [0.3, 0.4) is 0 Å². The Balaban J connectivity index is 1.33. The van der Waals surface area contributed by atoms with Gasteiger partial charge in [0.15, 0.2) is 0 Å². The first-order valence-electron chi connectivity index (χ1n) is 10.5. The number of hydrogen-bond acceptors (Lipinski definition) is 4. The lowest BCUT2D eigenvalue weighted by Gasteiger charge is -2.32. The van der Waals surface area contributed by atoms with Gasteiger partial charge in [0.25, 0.3) is 0 Å². The molecule has 160 valence electrons. The van der Waals surface area contributed by atoms with Crippen LogP contribution in [0, 0.1) is 17.6 Å². The van der Waals surface area contributed by atoms with E-state index in [2.05, 4.69) is 9.64 Å². The smallest absolute Gasteiger partial charge is 0.340 e. The predicted octanol–water partition coefficient (Wildman–Crippen LogP) is 4.92. The summed E-state index contributed by atoms with van der Waals surface area (Å²) < 4.78 is 38.5. The van der Waals surface area contributed by atoms with Crippen molar-refractivity contribution in [2.24, 2.45) is 5.92 Å². The van der Waals surface area contributed by atoms with Crippen molar-refractivity contribution in [2.45, 2.75) is 38.1 Å². The number of rotatable bonds is 7. The van der Waals surface area contributed by atoms with Gasteiger partial charge in [0.05, 0.1) is 19.3 Å². The van der Waals surface area contributed by atoms with Gasteiger partial charge in [-0.05, 0) is 79.9 Å². The minimum absolute atomic E-state index is 0.0302. The Hall–Kier alpha value is -2.47. The monoisotopic (exact) mass is 415 g/mol. The van der Waals surface area contributed by atoms with Gasteiger partial charge in [-0.2, -0.15) is 0 Å². The Labute approximate surface area is 175 Å². The first kappa shape index (κ1) is 20.8. The molecule has 2 aromatic carbocycles. The Kier molecular flexibility index (Phi) is 6.32. The van der Waals surface area contributed by atoms with Crippen molar-refractivity contribution >= 4 is 5.97 Å². The predicted molar refractivity (Wildman–Crippen MR) is 110 cm³/mol. The zero-order valence-electron chi connectivity index (χ0n) is 17.2. The summed E-state index contributed by atoms with van der Waals surface area (Å²) in [6.07, 6.45) is 4.02. The lowest BCUT2D eigenvalue weighted by Crippen LogP contribution is -2.35. The maximum Gasteiger partial charge on any atom is 0.340 e. The molecule has 4 nitrogen and oxygen atoms in total. The Morgan fingerprint density at radius 1 is 1.10 bits per heavy atom. The van der Waals surface area contributed by atoms with E-state index in [4.69, 9.17) is 4.74 Å². The van der Waals surface area contributed by atoms with Gasteiger partial charge >= 0.3 is 5.97 Å². The molecule has 0 aromatic heterocycles. The zero-order chi connectivity index (χ0) is 21.1. The highest BCUT2D eigenvalue weighted by Gasteiger charge is 2.30. The molecule has 1 aliphatic carbocycles. The number of benzene rings is 2. The van der Waals surface area contributed by atoms with Gasteiger partial charge in [0, 0.05) is 12.6 Å². The van der Waals surface area contributed by atoms with Crippen LogP contribution in [0.4, 0.5) is 8.78 Å². The first-order valence-corrected chi connectivity index (χ1v) is 10.5. The molecule has 1 heterocycles. The van der Waals surface area contributed by atoms with E-state index < -0.39 is 11.8 Å². The molecule has 0 bridgehead atoms. The van der Waals surface area contributed by atoms with E-state index in [1.165, 1.54) is 19.2 Å². The number of ether oxygens (including phenoxy) is 2. The molecule has 1 saturated carbocycles. The fourth-order valence-corrected chi connectivity index (χ4v) is 4.09. The largest absolute Gasteiger partial charge is 0.493 e. The molecule has 0 N–H and O–H groups in total. The molecule has 30 heavy (non-hydrogen) atoms. The summed E-state index contributed by atoms with van der Waals surface area (Å²) in [5, 5.41) is 0. The van der Waals surface area contributed by atoms with E-state index in [-0.39, 0.29) is 11.4 Å². The first-order chi connectivity index (χ1) is 14.5. The number of methoxy groups -OCH3 is 1. The summed E-state index contributed by atoms with van der Waals surface area (Å²) in [4.78, 5) is 14.1. The van der Waals surface area contributed by atoms with Gasteiger partial charge in [-0.3, -0.25) is 4.90 Å². The number of piperidine rings is 1. The van der Waals surface area contributed by atoms with E-state index in [1.807, 2.05) is 6.07 Å². The molecule has 0 radical (unpaired) electrons. The number of carbonyl (C=O) groups excluding carboxylic acids is 1. The van der Waals surface area contributed by atoms with Crippen LogP contribution in [-0.4, -0.2) is 37.7 Å². The van der Waals surface area contributed by atoms with E-state index in [0.717, 1.165) is 56.4 Å². The SMILES string of the molecule is COC(=O)c1cc(C2CC2)c(OCC2CCN(Cc3cccc(F)c3)CC2)cc1F. The van der Waals surface area contributed by atoms with Crippen LogP contribution in [0.15, 0.2) is 36.4 Å². The average molecular weight is 415 g/mol. The van der Waals surface area contributed by atoms with Gasteiger partial charge in [0.1, 0.15) is 17.4 Å². The Bertz CT molecular complexity index is 905. The molecule has 0 spiro atoms. The van der Waals surface area contributed by atoms with Crippen LogP contribution in [0.1, 0.15) is 53.1 Å². The number of carbonyl (C=O) groups is 1. The van der Waals surface area contributed by atoms with Crippen molar-refractivity contribution in [3.63, 3.8) is 0 Å². The summed E-state index contributed by atoms with van der Waals surface area (Å²) in [7, 11) is 1.25. The second kappa shape index (κ2) is 9.13. The van der Waals surface area contributed by atoms with Gasteiger partial charge in [-0.25, -0.2) is 13.6 Å². The molecule has 2 aliphatic rings. The van der Waals surface area contributed by atoms with E-state index >= 15 is 0 Å². The van der Waals surface area contributed by atoms with E-state index in [9.17, 15) is 13.6 Å². The second-order valence-electron chi connectivity index (χ2n) is 8.30. The quantitative estimate of drug-likeness (QED) is 0.602. The normalized spacial score (nSPS) is 17.7. The Morgan fingerprint density at radius 3 is 2.53 bits per heavy atom. The van der Waals surface area contributed by atoms with Gasteiger partial charge in [0.2, 0.25) is 0 Å². The van der Waals surface area contributed by atoms with Crippen molar-refractivity contribution in [3.8, 4) is 5.75 Å². The van der Waals surface area contributed by atoms with Crippen molar-refractivity contribution in [3.05, 3.63) is 64.7 Å². The second-order valence-corrected chi connectivity index (χ2v) is 8.30. The molecule has 6 heteroatoms. The molecule has 1 aliphatic heterocycles. The van der Waals surface area contributed by atoms with Crippen LogP contribution >= 0.6 is 0 Å². The van der Waals surface area contributed by atoms with Crippen LogP contribution in [0.2, 0.25) is 0 Å². The minimum atomic E-state index is -0.661. The minimum Gasteiger partial charge on any atom is -0.493 e. The van der Waals surface area contributed by atoms with Crippen molar-refractivity contribution in [1.82, 2.24) is 4.90 Å². The zero-order valence-corrected chi connectivity index (χ0v) is 17.2. The van der Waals surface area contributed by atoms with Crippen molar-refractivity contribution in [2.75, 3.05) is 26.8 Å². The molecular formula is C24H27F2NO3. The summed E-state index contributed by atoms with van der Waals surface area (Å²) in [6, 6.07) is 9.66. The summed E-state index contributed by atoms with van der Waals surface area (Å²) in [5.41, 5.74) is 1.86. The highest BCUT2D eigenvalue weighted by Crippen LogP contribution is 2.45. The lowest BCUT2D eigenvalue weighted by atomic mass is 9.97. The molecule has 0 atom stereocenters. The number of hydrogen-bond donors (Lipinski definition) is 0. The third-order valence-electron chi connectivity index (χ3n) is 6.00. The summed E-state index contributed by atoms with van der Waals surface area (Å²) in [5.74, 6) is -0.198. The van der Waals surface area contributed by atoms with Crippen LogP contribution in [-0.2, 0) is 11.3 Å². The number of esters is 1. The molecule has 4 rings (SSSR count). The van der Waals surface area contributed by atoms with Gasteiger partial charge < -0.3 is 9.47 Å². The van der Waals surface area contributed by atoms with Crippen LogP contribution in [0.5, 0.6) is 5.75 Å². The summed E-state index contributed by atoms with van der Waals surface area (Å²) >= 11 is 0. The highest BCUT2D eigenvalue weighted by molar-refractivity contribution is 5.90. The van der Waals surface area contributed by atoms with Crippen LogP contribution in [0.25, 0.3) is 0 Å². The summed E-state index contributed by atoms with van der Waals surface area (Å²) in [6.45, 7) is 3.13. The molecule has 1 saturated heterocycles. The number of halogens is 2. The fraction of sp³-hybridized carbons (Fsp3) is 0.458. The van der Waals surface area contributed by atoms with Gasteiger partial charge in [-0.1, -0.05) is 12.1 Å². The van der Waals surface area contributed by atoms with Crippen LogP contribution < -0.4 is 4.74 Å². The maximum atomic E-state index is 14.4. The third kappa shape index (κ3) is 4.98. The molecule has 0 unspecified atom stereocenters. The topological polar surface area (TPSA) is 38.8 Å².